The van der Waals surface area contributed by atoms with Crippen LogP contribution in [0.25, 0.3) is 11.0 Å². The van der Waals surface area contributed by atoms with Gasteiger partial charge in [0.1, 0.15) is 5.82 Å². The summed E-state index contributed by atoms with van der Waals surface area (Å²) in [5, 5.41) is 2.68. The van der Waals surface area contributed by atoms with Crippen molar-refractivity contribution < 1.29 is 4.79 Å². The Bertz CT molecular complexity index is 574. The Kier molecular flexibility index (Phi) is 3.69. The number of fused-ring (bicyclic) bond motifs is 1. The number of rotatable bonds is 3. The fraction of sp³-hybridized carbons (Fsp3) is 0.467. The van der Waals surface area contributed by atoms with Gasteiger partial charge in [0.2, 0.25) is 5.91 Å². The number of nitrogens with zero attached hydrogens (tertiary/aromatic N) is 2. The quantitative estimate of drug-likeness (QED) is 0.890. The van der Waals surface area contributed by atoms with E-state index in [4.69, 9.17) is 0 Å². The lowest BCUT2D eigenvalue weighted by atomic mass is 9.97. The maximum atomic E-state index is 11.5. The summed E-state index contributed by atoms with van der Waals surface area (Å²) in [6.45, 7) is 2.37. The van der Waals surface area contributed by atoms with Crippen molar-refractivity contribution in [1.82, 2.24) is 20.2 Å². The van der Waals surface area contributed by atoms with Gasteiger partial charge in [-0.25, -0.2) is 4.98 Å². The summed E-state index contributed by atoms with van der Waals surface area (Å²) in [7, 11) is 1.68. The first kappa shape index (κ1) is 13.1. The average Bonchev–Trinajstić information content (AvgIpc) is 2.91. The van der Waals surface area contributed by atoms with Gasteiger partial charge in [-0.15, -0.1) is 0 Å². The van der Waals surface area contributed by atoms with Crippen molar-refractivity contribution in [3.8, 4) is 0 Å². The van der Waals surface area contributed by atoms with Crippen molar-refractivity contribution in [2.45, 2.75) is 18.8 Å². The number of para-hydroxylation sites is 2. The third kappa shape index (κ3) is 2.67. The van der Waals surface area contributed by atoms with E-state index in [0.29, 0.717) is 12.5 Å². The number of amides is 1. The second kappa shape index (κ2) is 5.63. The third-order valence-electron chi connectivity index (χ3n) is 3.95. The van der Waals surface area contributed by atoms with Crippen LogP contribution in [0, 0.1) is 0 Å². The number of aromatic nitrogens is 2. The number of carbonyl (C=O) groups is 1. The summed E-state index contributed by atoms with van der Waals surface area (Å²) in [5.41, 5.74) is 2.11. The molecule has 0 saturated carbocycles. The minimum Gasteiger partial charge on any atom is -0.358 e. The van der Waals surface area contributed by atoms with Crippen molar-refractivity contribution in [3.05, 3.63) is 30.1 Å². The topological polar surface area (TPSA) is 61.0 Å². The first-order valence-corrected chi connectivity index (χ1v) is 7.14. The molecular weight excluding hydrogens is 252 g/mol. The van der Waals surface area contributed by atoms with Crippen molar-refractivity contribution in [3.63, 3.8) is 0 Å². The van der Waals surface area contributed by atoms with Gasteiger partial charge in [-0.05, 0) is 31.5 Å². The molecule has 0 aliphatic carbocycles. The standard InChI is InChI=1S/C15H20N4O/c1-16-14(20)10-19-8-4-5-11(9-19)15-17-12-6-2-3-7-13(12)18-15/h2-3,6-7,11H,4-5,8-10H2,1H3,(H,16,20)(H,17,18). The highest BCUT2D eigenvalue weighted by Crippen LogP contribution is 2.26. The number of nitrogens with one attached hydrogen (secondary N) is 2. The highest BCUT2D eigenvalue weighted by Gasteiger charge is 2.24. The average molecular weight is 272 g/mol. The molecule has 1 aromatic heterocycles. The minimum atomic E-state index is 0.0789. The number of carbonyl (C=O) groups excluding carboxylic acids is 1. The van der Waals surface area contributed by atoms with E-state index in [2.05, 4.69) is 26.3 Å². The Labute approximate surface area is 118 Å². The number of hydrogen-bond acceptors (Lipinski definition) is 3. The van der Waals surface area contributed by atoms with Gasteiger partial charge in [0, 0.05) is 19.5 Å². The predicted octanol–water partition coefficient (Wildman–Crippen LogP) is 1.49. The zero-order valence-electron chi connectivity index (χ0n) is 11.7. The lowest BCUT2D eigenvalue weighted by Gasteiger charge is -2.31. The molecule has 1 aliphatic heterocycles. The largest absolute Gasteiger partial charge is 0.358 e. The summed E-state index contributed by atoms with van der Waals surface area (Å²) < 4.78 is 0. The zero-order valence-corrected chi connectivity index (χ0v) is 11.7. The summed E-state index contributed by atoms with van der Waals surface area (Å²) in [6, 6.07) is 8.10. The summed E-state index contributed by atoms with van der Waals surface area (Å²) in [5.74, 6) is 1.52. The lowest BCUT2D eigenvalue weighted by molar-refractivity contribution is -0.122. The maximum absolute atomic E-state index is 11.5. The first-order valence-electron chi connectivity index (χ1n) is 7.14. The molecule has 5 nitrogen and oxygen atoms in total. The van der Waals surface area contributed by atoms with Gasteiger partial charge in [-0.2, -0.15) is 0 Å². The highest BCUT2D eigenvalue weighted by molar-refractivity contribution is 5.77. The molecule has 1 saturated heterocycles. The molecule has 1 aliphatic rings. The van der Waals surface area contributed by atoms with Crippen LogP contribution in [0.2, 0.25) is 0 Å². The molecule has 0 bridgehead atoms. The molecule has 20 heavy (non-hydrogen) atoms. The smallest absolute Gasteiger partial charge is 0.233 e. The highest BCUT2D eigenvalue weighted by atomic mass is 16.1. The van der Waals surface area contributed by atoms with Gasteiger partial charge in [0.25, 0.3) is 0 Å². The number of H-pyrrole nitrogens is 1. The molecule has 1 aromatic carbocycles. The Morgan fingerprint density at radius 1 is 1.50 bits per heavy atom. The first-order chi connectivity index (χ1) is 9.76. The molecule has 2 aromatic rings. The van der Waals surface area contributed by atoms with Crippen LogP contribution in [0.3, 0.4) is 0 Å². The fourth-order valence-corrected chi connectivity index (χ4v) is 2.87. The van der Waals surface area contributed by atoms with Crippen LogP contribution in [0.1, 0.15) is 24.6 Å². The van der Waals surface area contributed by atoms with Gasteiger partial charge >= 0.3 is 0 Å². The second-order valence-corrected chi connectivity index (χ2v) is 5.39. The van der Waals surface area contributed by atoms with Crippen LogP contribution in [0.5, 0.6) is 0 Å². The normalized spacial score (nSPS) is 20.1. The van der Waals surface area contributed by atoms with E-state index in [0.717, 1.165) is 42.8 Å². The molecule has 5 heteroatoms. The van der Waals surface area contributed by atoms with Crippen LogP contribution in [-0.4, -0.2) is 47.5 Å². The molecule has 106 valence electrons. The molecule has 1 fully saturated rings. The number of imidazole rings is 1. The van der Waals surface area contributed by atoms with Gasteiger partial charge < -0.3 is 10.3 Å². The molecule has 2 heterocycles. The predicted molar refractivity (Wildman–Crippen MR) is 78.6 cm³/mol. The fourth-order valence-electron chi connectivity index (χ4n) is 2.87. The Morgan fingerprint density at radius 2 is 2.35 bits per heavy atom. The van der Waals surface area contributed by atoms with Crippen LogP contribution in [0.4, 0.5) is 0 Å². The van der Waals surface area contributed by atoms with Crippen molar-refractivity contribution in [2.24, 2.45) is 0 Å². The SMILES string of the molecule is CNC(=O)CN1CCCC(c2nc3ccccc3[nH]2)C1. The number of aromatic amines is 1. The van der Waals surface area contributed by atoms with Gasteiger partial charge in [-0.3, -0.25) is 9.69 Å². The van der Waals surface area contributed by atoms with E-state index >= 15 is 0 Å². The molecule has 3 rings (SSSR count). The lowest BCUT2D eigenvalue weighted by Crippen LogP contribution is -2.41. The van der Waals surface area contributed by atoms with Gasteiger partial charge in [0.05, 0.1) is 17.6 Å². The summed E-state index contributed by atoms with van der Waals surface area (Å²) in [6.07, 6.45) is 2.24. The number of hydrogen-bond donors (Lipinski definition) is 2. The summed E-state index contributed by atoms with van der Waals surface area (Å²) >= 11 is 0. The molecule has 1 atom stereocenters. The van der Waals surface area contributed by atoms with E-state index in [-0.39, 0.29) is 5.91 Å². The van der Waals surface area contributed by atoms with Crippen LogP contribution in [0.15, 0.2) is 24.3 Å². The monoisotopic (exact) mass is 272 g/mol. The van der Waals surface area contributed by atoms with Crippen molar-refractivity contribution >= 4 is 16.9 Å². The maximum Gasteiger partial charge on any atom is 0.233 e. The Hall–Kier alpha value is -1.88. The third-order valence-corrected chi connectivity index (χ3v) is 3.95. The Morgan fingerprint density at radius 3 is 3.15 bits per heavy atom. The molecule has 1 unspecified atom stereocenters. The molecule has 1 amide bonds. The number of likely N-dealkylation sites (tertiary alicyclic amines) is 1. The van der Waals surface area contributed by atoms with Gasteiger partial charge in [0.15, 0.2) is 0 Å². The zero-order chi connectivity index (χ0) is 13.9. The molecule has 0 radical (unpaired) electrons. The second-order valence-electron chi connectivity index (χ2n) is 5.39. The molecule has 2 N–H and O–H groups in total. The van der Waals surface area contributed by atoms with Crippen molar-refractivity contribution in [2.75, 3.05) is 26.7 Å². The van der Waals surface area contributed by atoms with E-state index < -0.39 is 0 Å². The van der Waals surface area contributed by atoms with E-state index in [1.165, 1.54) is 0 Å². The van der Waals surface area contributed by atoms with Crippen LogP contribution < -0.4 is 5.32 Å². The number of likely N-dealkylation sites (N-methyl/N-ethyl adjacent to an activating group) is 1. The van der Waals surface area contributed by atoms with E-state index in [1.54, 1.807) is 7.05 Å². The molecular formula is C15H20N4O. The van der Waals surface area contributed by atoms with E-state index in [9.17, 15) is 4.79 Å². The summed E-state index contributed by atoms with van der Waals surface area (Å²) in [4.78, 5) is 21.8. The van der Waals surface area contributed by atoms with Crippen molar-refractivity contribution in [1.29, 1.82) is 0 Å². The van der Waals surface area contributed by atoms with E-state index in [1.807, 2.05) is 18.2 Å². The minimum absolute atomic E-state index is 0.0789. The Balaban J connectivity index is 1.74. The number of benzene rings is 1. The van der Waals surface area contributed by atoms with Gasteiger partial charge in [-0.1, -0.05) is 12.1 Å². The van der Waals surface area contributed by atoms with Crippen LogP contribution in [-0.2, 0) is 4.79 Å². The molecule has 0 spiro atoms. The van der Waals surface area contributed by atoms with Crippen LogP contribution >= 0.6 is 0 Å². The number of piperidine rings is 1.